The van der Waals surface area contributed by atoms with Crippen molar-refractivity contribution >= 4 is 31.5 Å². The first-order valence-corrected chi connectivity index (χ1v) is 22.4. The first-order valence-electron chi connectivity index (χ1n) is 21.6. The molecular weight excluding hydrogens is 903 g/mol. The monoisotopic (exact) mass is 934 g/mol. The van der Waals surface area contributed by atoms with Gasteiger partial charge in [-0.25, -0.2) is 29.9 Å². The molecule has 0 unspecified atom stereocenters. The molecule has 0 atom stereocenters. The Kier molecular flexibility index (Phi) is 10.8. The zero-order valence-electron chi connectivity index (χ0n) is 35.8. The molecule has 69 heavy (non-hydrogen) atoms. The van der Waals surface area contributed by atoms with E-state index in [9.17, 15) is 26.3 Å². The topological polar surface area (TPSA) is 77.3 Å². The number of hydrogen-bond donors (Lipinski definition) is 0. The van der Waals surface area contributed by atoms with Gasteiger partial charge in [0, 0.05) is 53.6 Å². The average molecular weight is 935 g/mol. The first kappa shape index (κ1) is 43.2. The van der Waals surface area contributed by atoms with E-state index in [4.69, 9.17) is 19.9 Å². The Bertz CT molecular complexity index is 3450. The Morgan fingerprint density at radius 2 is 0.536 bits per heavy atom. The summed E-state index contributed by atoms with van der Waals surface area (Å²) < 4.78 is 82.8. The average Bonchev–Trinajstić information content (AvgIpc) is 3.76. The largest absolute Gasteiger partial charge is 0.416 e. The van der Waals surface area contributed by atoms with Crippen molar-refractivity contribution in [2.24, 2.45) is 0 Å². The standard InChI is InChI=1S/C56H32F6N6S/c57-55(58,59)43-23-17-35(18-24-43)51-63-49(33-9-3-1-4-10-33)65-53(67-51)41-15-7-13-37(29-41)39-21-27-47-45(31-39)46-32-40(22-28-48(46)69-47)38-14-8-16-42(30-38)54-66-50(34-11-5-2-6-12-34)64-52(68-54)36-19-25-44(26-20-36)56(60,61)62/h1-32H. The lowest BCUT2D eigenvalue weighted by atomic mass is 9.98. The Morgan fingerprint density at radius 3 is 0.884 bits per heavy atom. The van der Waals surface area contributed by atoms with Crippen molar-refractivity contribution < 1.29 is 26.3 Å². The van der Waals surface area contributed by atoms with E-state index in [0.717, 1.165) is 77.8 Å². The van der Waals surface area contributed by atoms with Gasteiger partial charge in [0.15, 0.2) is 34.9 Å². The van der Waals surface area contributed by atoms with Crippen molar-refractivity contribution in [1.29, 1.82) is 0 Å². The summed E-state index contributed by atoms with van der Waals surface area (Å²) in [5.74, 6) is 2.03. The van der Waals surface area contributed by atoms with Gasteiger partial charge in [-0.3, -0.25) is 0 Å². The molecule has 11 rings (SSSR count). The summed E-state index contributed by atoms with van der Waals surface area (Å²) in [6.07, 6.45) is -8.96. The number of rotatable bonds is 8. The third kappa shape index (κ3) is 8.83. The number of hydrogen-bond acceptors (Lipinski definition) is 7. The molecule has 0 spiro atoms. The maximum Gasteiger partial charge on any atom is 0.416 e. The minimum absolute atomic E-state index is 0.249. The molecule has 11 aromatic rings. The minimum Gasteiger partial charge on any atom is -0.208 e. The lowest BCUT2D eigenvalue weighted by Crippen LogP contribution is -2.05. The van der Waals surface area contributed by atoms with Gasteiger partial charge in [0.05, 0.1) is 11.1 Å². The second-order valence-corrected chi connectivity index (χ2v) is 17.3. The van der Waals surface area contributed by atoms with E-state index in [1.54, 1.807) is 11.3 Å². The molecule has 6 nitrogen and oxygen atoms in total. The maximum absolute atomic E-state index is 13.4. The molecule has 0 aliphatic heterocycles. The van der Waals surface area contributed by atoms with Gasteiger partial charge in [-0.1, -0.05) is 133 Å². The normalized spacial score (nSPS) is 11.9. The highest BCUT2D eigenvalue weighted by atomic mass is 32.1. The SMILES string of the molecule is FC(F)(F)c1ccc(-c2nc(-c3ccccc3)nc(-c3cccc(-c4ccc5sc6ccc(-c7cccc(-c8nc(-c9ccccc9)nc(-c9ccc(C(F)(F)F)cc9)n8)c7)cc6c5c4)c3)n2)cc1. The van der Waals surface area contributed by atoms with E-state index in [-0.39, 0.29) is 11.6 Å². The van der Waals surface area contributed by atoms with Crippen LogP contribution in [0.15, 0.2) is 194 Å². The van der Waals surface area contributed by atoms with Gasteiger partial charge in [0.2, 0.25) is 0 Å². The van der Waals surface area contributed by atoms with E-state index in [1.165, 1.54) is 24.3 Å². The van der Waals surface area contributed by atoms with E-state index in [0.29, 0.717) is 45.6 Å². The highest BCUT2D eigenvalue weighted by Crippen LogP contribution is 2.40. The van der Waals surface area contributed by atoms with Crippen molar-refractivity contribution in [2.75, 3.05) is 0 Å². The van der Waals surface area contributed by atoms with Gasteiger partial charge >= 0.3 is 12.4 Å². The Hall–Kier alpha value is -8.42. The fraction of sp³-hybridized carbons (Fsp3) is 0.0357. The van der Waals surface area contributed by atoms with Gasteiger partial charge in [-0.05, 0) is 82.9 Å². The van der Waals surface area contributed by atoms with E-state index < -0.39 is 23.5 Å². The number of fused-ring (bicyclic) bond motifs is 3. The van der Waals surface area contributed by atoms with E-state index in [2.05, 4.69) is 46.4 Å². The molecular formula is C56H32F6N6S. The fourth-order valence-electron chi connectivity index (χ4n) is 8.13. The van der Waals surface area contributed by atoms with Gasteiger partial charge in [-0.2, -0.15) is 26.3 Å². The van der Waals surface area contributed by atoms with Crippen molar-refractivity contribution in [3.05, 3.63) is 205 Å². The Balaban J connectivity index is 0.946. The molecule has 0 aliphatic rings. The Morgan fingerprint density at radius 1 is 0.261 bits per heavy atom. The summed E-state index contributed by atoms with van der Waals surface area (Å²) in [6, 6.07) is 56.7. The van der Waals surface area contributed by atoms with Gasteiger partial charge in [-0.15, -0.1) is 11.3 Å². The van der Waals surface area contributed by atoms with Crippen molar-refractivity contribution in [3.63, 3.8) is 0 Å². The third-order valence-corrected chi connectivity index (χ3v) is 12.8. The number of nitrogens with zero attached hydrogens (tertiary/aromatic N) is 6. The highest BCUT2D eigenvalue weighted by Gasteiger charge is 2.31. The number of aromatic nitrogens is 6. The number of halogens is 6. The van der Waals surface area contributed by atoms with E-state index in [1.807, 2.05) is 109 Å². The highest BCUT2D eigenvalue weighted by molar-refractivity contribution is 7.25. The third-order valence-electron chi connectivity index (χ3n) is 11.7. The van der Waals surface area contributed by atoms with Crippen molar-refractivity contribution in [1.82, 2.24) is 29.9 Å². The van der Waals surface area contributed by atoms with Crippen LogP contribution in [-0.2, 0) is 12.4 Å². The predicted octanol–water partition coefficient (Wildman–Crippen LogP) is 15.8. The summed E-state index contributed by atoms with van der Waals surface area (Å²) in [5, 5.41) is 2.14. The quantitative estimate of drug-likeness (QED) is 0.141. The number of alkyl halides is 6. The van der Waals surface area contributed by atoms with Crippen LogP contribution < -0.4 is 0 Å². The predicted molar refractivity (Wildman–Crippen MR) is 260 cm³/mol. The van der Waals surface area contributed by atoms with Crippen LogP contribution in [0.2, 0.25) is 0 Å². The van der Waals surface area contributed by atoms with Crippen molar-refractivity contribution in [2.45, 2.75) is 12.4 Å². The number of benzene rings is 8. The second-order valence-electron chi connectivity index (χ2n) is 16.2. The lowest BCUT2D eigenvalue weighted by molar-refractivity contribution is -0.138. The molecule has 0 amide bonds. The van der Waals surface area contributed by atoms with Crippen LogP contribution in [0.5, 0.6) is 0 Å². The summed E-state index contributed by atoms with van der Waals surface area (Å²) in [5.41, 5.74) is 5.97. The van der Waals surface area contributed by atoms with Crippen molar-refractivity contribution in [3.8, 4) is 90.6 Å². The molecule has 3 aromatic heterocycles. The first-order chi connectivity index (χ1) is 33.4. The molecule has 0 aliphatic carbocycles. The molecule has 3 heterocycles. The second kappa shape index (κ2) is 17.3. The Labute approximate surface area is 394 Å². The van der Waals surface area contributed by atoms with Crippen LogP contribution in [-0.4, -0.2) is 29.9 Å². The molecule has 0 N–H and O–H groups in total. The van der Waals surface area contributed by atoms with Crippen LogP contribution in [0.3, 0.4) is 0 Å². The molecule has 8 aromatic carbocycles. The molecule has 0 saturated heterocycles. The van der Waals surface area contributed by atoms with Crippen LogP contribution in [0.1, 0.15) is 11.1 Å². The van der Waals surface area contributed by atoms with Crippen LogP contribution in [0, 0.1) is 0 Å². The molecule has 0 radical (unpaired) electrons. The van der Waals surface area contributed by atoms with Crippen LogP contribution >= 0.6 is 11.3 Å². The van der Waals surface area contributed by atoms with Gasteiger partial charge in [0.25, 0.3) is 0 Å². The summed E-state index contributed by atoms with van der Waals surface area (Å²) in [6.45, 7) is 0. The van der Waals surface area contributed by atoms with Crippen LogP contribution in [0.4, 0.5) is 26.3 Å². The van der Waals surface area contributed by atoms with Gasteiger partial charge in [0.1, 0.15) is 0 Å². The lowest BCUT2D eigenvalue weighted by Gasteiger charge is -2.11. The van der Waals surface area contributed by atoms with E-state index >= 15 is 0 Å². The van der Waals surface area contributed by atoms with Crippen LogP contribution in [0.25, 0.3) is 111 Å². The zero-order valence-corrected chi connectivity index (χ0v) is 36.7. The summed E-state index contributed by atoms with van der Waals surface area (Å²) in [7, 11) is 0. The molecule has 334 valence electrons. The summed E-state index contributed by atoms with van der Waals surface area (Å²) >= 11 is 1.69. The summed E-state index contributed by atoms with van der Waals surface area (Å²) in [4.78, 5) is 28.6. The molecule has 0 saturated carbocycles. The molecule has 13 heteroatoms. The molecule has 0 fully saturated rings. The fourth-order valence-corrected chi connectivity index (χ4v) is 9.20. The zero-order chi connectivity index (χ0) is 47.3. The van der Waals surface area contributed by atoms with Gasteiger partial charge < -0.3 is 0 Å². The molecule has 0 bridgehead atoms. The maximum atomic E-state index is 13.4. The minimum atomic E-state index is -4.48. The number of thiophene rings is 1. The smallest absolute Gasteiger partial charge is 0.208 e.